The molecule has 0 heterocycles. The van der Waals surface area contributed by atoms with E-state index < -0.39 is 0 Å². The maximum atomic E-state index is 12.4. The molecule has 0 bridgehead atoms. The first kappa shape index (κ1) is 16.2. The van der Waals surface area contributed by atoms with E-state index in [9.17, 15) is 4.79 Å². The van der Waals surface area contributed by atoms with Gasteiger partial charge in [-0.15, -0.1) is 0 Å². The normalized spacial score (nSPS) is 55.7. The molecule has 0 aromatic carbocycles. The highest BCUT2D eigenvalue weighted by Gasteiger charge is 2.61. The summed E-state index contributed by atoms with van der Waals surface area (Å²) in [6, 6.07) is 0. The van der Waals surface area contributed by atoms with Crippen LogP contribution in [0.1, 0.15) is 85.5 Å². The van der Waals surface area contributed by atoms with Gasteiger partial charge in [0.15, 0.2) is 0 Å². The van der Waals surface area contributed by atoms with Gasteiger partial charge in [-0.1, -0.05) is 33.6 Å². The van der Waals surface area contributed by atoms with Crippen LogP contribution in [-0.4, -0.2) is 5.78 Å². The second-order valence-corrected chi connectivity index (χ2v) is 10.2. The topological polar surface area (TPSA) is 17.1 Å². The Morgan fingerprint density at radius 3 is 2.43 bits per heavy atom. The summed E-state index contributed by atoms with van der Waals surface area (Å²) >= 11 is 0. The molecule has 0 N–H and O–H groups in total. The van der Waals surface area contributed by atoms with Crippen LogP contribution >= 0.6 is 0 Å². The van der Waals surface area contributed by atoms with Crippen molar-refractivity contribution in [3.63, 3.8) is 0 Å². The van der Waals surface area contributed by atoms with Crippen molar-refractivity contribution in [3.05, 3.63) is 0 Å². The lowest BCUT2D eigenvalue weighted by Gasteiger charge is -2.60. The van der Waals surface area contributed by atoms with E-state index in [-0.39, 0.29) is 0 Å². The molecule has 0 aromatic heterocycles. The van der Waals surface area contributed by atoms with E-state index >= 15 is 0 Å². The number of fused-ring (bicyclic) bond motifs is 5. The Balaban J connectivity index is 1.66. The fourth-order valence-corrected chi connectivity index (χ4v) is 8.52. The van der Waals surface area contributed by atoms with Gasteiger partial charge in [0.05, 0.1) is 0 Å². The van der Waals surface area contributed by atoms with Crippen LogP contribution in [0.25, 0.3) is 0 Å². The minimum atomic E-state index is 0.310. The van der Waals surface area contributed by atoms with Gasteiger partial charge >= 0.3 is 0 Å². The number of carbonyl (C=O) groups is 1. The van der Waals surface area contributed by atoms with Crippen molar-refractivity contribution in [2.45, 2.75) is 85.5 Å². The molecule has 0 aliphatic heterocycles. The lowest BCUT2D eigenvalue weighted by molar-refractivity contribution is -0.134. The second-order valence-electron chi connectivity index (χ2n) is 10.2. The van der Waals surface area contributed by atoms with Crippen LogP contribution < -0.4 is 0 Å². The van der Waals surface area contributed by atoms with Gasteiger partial charge in [0.2, 0.25) is 0 Å². The van der Waals surface area contributed by atoms with Crippen LogP contribution in [0.3, 0.4) is 0 Å². The zero-order valence-electron chi connectivity index (χ0n) is 15.7. The molecule has 0 amide bonds. The van der Waals surface area contributed by atoms with Gasteiger partial charge in [-0.25, -0.2) is 0 Å². The van der Waals surface area contributed by atoms with Crippen LogP contribution in [-0.2, 0) is 4.79 Å². The molecule has 8 atom stereocenters. The molecule has 4 aliphatic rings. The SMILES string of the molecule is CC(=O)[C@H]1[C@@H](C)C[C@H]2[C@@H]3CC[C@H]4CCCC[C@]4(C)[C@H]3CC[C@@]21C. The lowest BCUT2D eigenvalue weighted by Crippen LogP contribution is -2.53. The fourth-order valence-electron chi connectivity index (χ4n) is 8.52. The molecule has 0 aromatic rings. The highest BCUT2D eigenvalue weighted by Crippen LogP contribution is 2.68. The van der Waals surface area contributed by atoms with E-state index in [0.717, 1.165) is 23.7 Å². The molecule has 4 saturated carbocycles. The summed E-state index contributed by atoms with van der Waals surface area (Å²) in [7, 11) is 0. The van der Waals surface area contributed by atoms with E-state index in [1.807, 2.05) is 6.92 Å². The van der Waals surface area contributed by atoms with Crippen LogP contribution in [0.5, 0.6) is 0 Å². The number of ketones is 1. The molecular formula is C22H36O. The molecule has 0 spiro atoms. The zero-order chi connectivity index (χ0) is 16.4. The van der Waals surface area contributed by atoms with E-state index in [2.05, 4.69) is 20.8 Å². The average molecular weight is 317 g/mol. The minimum absolute atomic E-state index is 0.310. The lowest BCUT2D eigenvalue weighted by atomic mass is 9.45. The molecule has 1 nitrogen and oxygen atoms in total. The Hall–Kier alpha value is -0.330. The molecule has 1 heteroatoms. The zero-order valence-corrected chi connectivity index (χ0v) is 15.7. The van der Waals surface area contributed by atoms with Crippen molar-refractivity contribution >= 4 is 5.78 Å². The third-order valence-electron chi connectivity index (χ3n) is 9.36. The summed E-state index contributed by atoms with van der Waals surface area (Å²) in [5.74, 6) is 5.12. The second kappa shape index (κ2) is 5.33. The first-order chi connectivity index (χ1) is 10.9. The monoisotopic (exact) mass is 316 g/mol. The molecule has 130 valence electrons. The Bertz CT molecular complexity index is 496. The Morgan fingerprint density at radius 2 is 1.70 bits per heavy atom. The van der Waals surface area contributed by atoms with Crippen molar-refractivity contribution in [1.82, 2.24) is 0 Å². The molecule has 4 aliphatic carbocycles. The van der Waals surface area contributed by atoms with Gasteiger partial charge in [0.25, 0.3) is 0 Å². The number of hydrogen-bond acceptors (Lipinski definition) is 1. The van der Waals surface area contributed by atoms with Crippen LogP contribution in [0.15, 0.2) is 0 Å². The largest absolute Gasteiger partial charge is 0.300 e. The predicted molar refractivity (Wildman–Crippen MR) is 95.1 cm³/mol. The Labute approximate surface area is 143 Å². The first-order valence-corrected chi connectivity index (χ1v) is 10.4. The third kappa shape index (κ3) is 2.13. The van der Waals surface area contributed by atoms with Gasteiger partial charge < -0.3 is 0 Å². The van der Waals surface area contributed by atoms with E-state index in [1.54, 1.807) is 0 Å². The Kier molecular flexibility index (Phi) is 3.75. The smallest absolute Gasteiger partial charge is 0.133 e. The molecule has 4 rings (SSSR count). The molecule has 4 fully saturated rings. The highest BCUT2D eigenvalue weighted by molar-refractivity contribution is 5.80. The molecule has 0 unspecified atom stereocenters. The van der Waals surface area contributed by atoms with Crippen molar-refractivity contribution in [1.29, 1.82) is 0 Å². The number of rotatable bonds is 1. The van der Waals surface area contributed by atoms with E-state index in [1.165, 1.54) is 57.8 Å². The summed E-state index contributed by atoms with van der Waals surface area (Å²) in [5.41, 5.74) is 0.935. The predicted octanol–water partition coefficient (Wildman–Crippen LogP) is 5.87. The fraction of sp³-hybridized carbons (Fsp3) is 0.955. The first-order valence-electron chi connectivity index (χ1n) is 10.4. The number of hydrogen-bond donors (Lipinski definition) is 0. The van der Waals surface area contributed by atoms with Gasteiger partial charge in [-0.3, -0.25) is 4.79 Å². The summed E-state index contributed by atoms with van der Waals surface area (Å²) in [4.78, 5) is 12.4. The third-order valence-corrected chi connectivity index (χ3v) is 9.36. The molecule has 0 saturated heterocycles. The van der Waals surface area contributed by atoms with Gasteiger partial charge in [0.1, 0.15) is 5.78 Å². The van der Waals surface area contributed by atoms with Crippen molar-refractivity contribution in [2.24, 2.45) is 46.3 Å². The van der Waals surface area contributed by atoms with Crippen LogP contribution in [0.2, 0.25) is 0 Å². The van der Waals surface area contributed by atoms with Crippen molar-refractivity contribution in [3.8, 4) is 0 Å². The van der Waals surface area contributed by atoms with Gasteiger partial charge in [0, 0.05) is 5.92 Å². The quantitative estimate of drug-likeness (QED) is 0.591. The average Bonchev–Trinajstić information content (AvgIpc) is 2.77. The van der Waals surface area contributed by atoms with E-state index in [0.29, 0.717) is 28.4 Å². The maximum Gasteiger partial charge on any atom is 0.133 e. The summed E-state index contributed by atoms with van der Waals surface area (Å²) in [5, 5.41) is 0. The van der Waals surface area contributed by atoms with Crippen molar-refractivity contribution < 1.29 is 4.79 Å². The number of Topliss-reactive ketones (excluding diaryl/α,β-unsaturated/α-hetero) is 1. The summed E-state index contributed by atoms with van der Waals surface area (Å²) in [6.07, 6.45) is 12.9. The molecular weight excluding hydrogens is 280 g/mol. The number of carbonyl (C=O) groups excluding carboxylic acids is 1. The minimum Gasteiger partial charge on any atom is -0.300 e. The van der Waals surface area contributed by atoms with Gasteiger partial charge in [-0.2, -0.15) is 0 Å². The van der Waals surface area contributed by atoms with Gasteiger partial charge in [-0.05, 0) is 92.3 Å². The Morgan fingerprint density at radius 1 is 0.913 bits per heavy atom. The van der Waals surface area contributed by atoms with Crippen LogP contribution in [0.4, 0.5) is 0 Å². The summed E-state index contributed by atoms with van der Waals surface area (Å²) < 4.78 is 0. The summed E-state index contributed by atoms with van der Waals surface area (Å²) in [6.45, 7) is 9.36. The maximum absolute atomic E-state index is 12.4. The van der Waals surface area contributed by atoms with Crippen molar-refractivity contribution in [2.75, 3.05) is 0 Å². The molecule has 0 radical (unpaired) electrons. The van der Waals surface area contributed by atoms with Crippen LogP contribution in [0, 0.1) is 46.3 Å². The molecule has 23 heavy (non-hydrogen) atoms. The highest BCUT2D eigenvalue weighted by atomic mass is 16.1. The van der Waals surface area contributed by atoms with E-state index in [4.69, 9.17) is 0 Å². The standard InChI is InChI=1S/C22H36O/c1-14-13-19-17-9-8-16-7-5-6-11-21(16,3)18(17)10-12-22(19,4)20(14)15(2)23/h14,16-20H,5-13H2,1-4H3/t14-,16+,17+,18-,19-,20+,21-,22-/m0/s1.